The molecular formula is C19H14F2N4O2S. The second-order valence-corrected chi connectivity index (χ2v) is 6.35. The molecule has 0 spiro atoms. The van der Waals surface area contributed by atoms with E-state index in [0.717, 1.165) is 16.4 Å². The molecule has 2 N–H and O–H groups in total. The van der Waals surface area contributed by atoms with Gasteiger partial charge in [0.25, 0.3) is 5.91 Å². The summed E-state index contributed by atoms with van der Waals surface area (Å²) in [6, 6.07) is 15.3. The summed E-state index contributed by atoms with van der Waals surface area (Å²) >= 11 is 5.33. The molecule has 28 heavy (non-hydrogen) atoms. The van der Waals surface area contributed by atoms with Crippen molar-refractivity contribution >= 4 is 34.5 Å². The number of H-pyrrole nitrogens is 1. The second-order valence-electron chi connectivity index (χ2n) is 5.97. The van der Waals surface area contributed by atoms with Gasteiger partial charge in [-0.2, -0.15) is 13.9 Å². The number of fused-ring (bicyclic) bond motifs is 3. The molecule has 2 aromatic carbocycles. The van der Waals surface area contributed by atoms with Crippen molar-refractivity contribution in [2.75, 3.05) is 0 Å². The molecule has 2 aromatic heterocycles. The molecule has 0 aliphatic heterocycles. The zero-order chi connectivity index (χ0) is 19.7. The van der Waals surface area contributed by atoms with Crippen molar-refractivity contribution in [3.63, 3.8) is 0 Å². The first-order valence-corrected chi connectivity index (χ1v) is 8.75. The normalized spacial score (nSPS) is 11.2. The van der Waals surface area contributed by atoms with Gasteiger partial charge >= 0.3 is 6.61 Å². The second kappa shape index (κ2) is 7.35. The van der Waals surface area contributed by atoms with Crippen LogP contribution in [0.4, 0.5) is 8.78 Å². The van der Waals surface area contributed by atoms with Crippen LogP contribution in [0.2, 0.25) is 0 Å². The van der Waals surface area contributed by atoms with Gasteiger partial charge < -0.3 is 15.0 Å². The van der Waals surface area contributed by atoms with Gasteiger partial charge in [-0.1, -0.05) is 30.3 Å². The lowest BCUT2D eigenvalue weighted by Crippen LogP contribution is -2.24. The topological polar surface area (TPSA) is 71.4 Å². The van der Waals surface area contributed by atoms with Crippen molar-refractivity contribution in [3.8, 4) is 5.75 Å². The minimum Gasteiger partial charge on any atom is -0.434 e. The highest BCUT2D eigenvalue weighted by Gasteiger charge is 2.16. The van der Waals surface area contributed by atoms with Crippen LogP contribution < -0.4 is 10.1 Å². The van der Waals surface area contributed by atoms with Crippen molar-refractivity contribution in [1.29, 1.82) is 0 Å². The molecule has 6 nitrogen and oxygen atoms in total. The molecule has 0 unspecified atom stereocenters. The average Bonchev–Trinajstić information content (AvgIpc) is 3.11. The first kappa shape index (κ1) is 18.1. The Morgan fingerprint density at radius 1 is 1.21 bits per heavy atom. The number of carbonyl (C=O) groups is 1. The zero-order valence-corrected chi connectivity index (χ0v) is 15.2. The van der Waals surface area contributed by atoms with Crippen molar-refractivity contribution in [2.45, 2.75) is 13.2 Å². The minimum atomic E-state index is -3.01. The Morgan fingerprint density at radius 2 is 1.96 bits per heavy atom. The number of ether oxygens (including phenoxy) is 1. The Morgan fingerprint density at radius 3 is 2.79 bits per heavy atom. The number of rotatable bonds is 5. The fraction of sp³-hybridized carbons (Fsp3) is 0.105. The molecule has 0 saturated carbocycles. The predicted molar refractivity (Wildman–Crippen MR) is 102 cm³/mol. The Bertz CT molecular complexity index is 1240. The van der Waals surface area contributed by atoms with E-state index in [-0.39, 0.29) is 17.9 Å². The number of para-hydroxylation sites is 2. The van der Waals surface area contributed by atoms with Crippen molar-refractivity contribution in [1.82, 2.24) is 19.9 Å². The Hall–Kier alpha value is -3.33. The number of amides is 1. The SMILES string of the molecule is O=C(NCc1cc2c3ccccc3[nH]c(=S)n2n1)c1ccccc1OC(F)F. The first-order chi connectivity index (χ1) is 13.5. The van der Waals surface area contributed by atoms with Crippen LogP contribution in [0.5, 0.6) is 5.75 Å². The Labute approximate surface area is 162 Å². The van der Waals surface area contributed by atoms with E-state index in [2.05, 4.69) is 20.1 Å². The summed E-state index contributed by atoms with van der Waals surface area (Å²) < 4.78 is 31.5. The fourth-order valence-corrected chi connectivity index (χ4v) is 3.21. The van der Waals surface area contributed by atoms with Gasteiger partial charge in [-0.3, -0.25) is 4.79 Å². The number of carbonyl (C=O) groups excluding carboxylic acids is 1. The van der Waals surface area contributed by atoms with E-state index < -0.39 is 12.5 Å². The number of halogens is 2. The highest BCUT2D eigenvalue weighted by molar-refractivity contribution is 7.71. The smallest absolute Gasteiger partial charge is 0.387 e. The minimum absolute atomic E-state index is 0.0225. The lowest BCUT2D eigenvalue weighted by Gasteiger charge is -2.10. The lowest BCUT2D eigenvalue weighted by molar-refractivity contribution is -0.0501. The molecule has 4 aromatic rings. The highest BCUT2D eigenvalue weighted by Crippen LogP contribution is 2.21. The molecular weight excluding hydrogens is 386 g/mol. The van der Waals surface area contributed by atoms with E-state index in [1.165, 1.54) is 18.2 Å². The molecule has 0 fully saturated rings. The van der Waals surface area contributed by atoms with Gasteiger partial charge in [0.05, 0.1) is 23.3 Å². The third-order valence-corrected chi connectivity index (χ3v) is 4.45. The number of aromatic amines is 1. The molecule has 0 radical (unpaired) electrons. The summed E-state index contributed by atoms with van der Waals surface area (Å²) in [5, 5.41) is 8.03. The molecule has 0 bridgehead atoms. The predicted octanol–water partition coefficient (Wildman–Crippen LogP) is 4.08. The number of alkyl halides is 2. The maximum absolute atomic E-state index is 12.5. The summed E-state index contributed by atoms with van der Waals surface area (Å²) in [6.45, 7) is -2.91. The van der Waals surface area contributed by atoms with E-state index in [0.29, 0.717) is 10.5 Å². The van der Waals surface area contributed by atoms with Gasteiger partial charge in [0, 0.05) is 10.9 Å². The van der Waals surface area contributed by atoms with Gasteiger partial charge in [-0.05, 0) is 36.5 Å². The first-order valence-electron chi connectivity index (χ1n) is 8.34. The third-order valence-electron chi connectivity index (χ3n) is 4.17. The number of benzene rings is 2. The maximum Gasteiger partial charge on any atom is 0.387 e. The quantitative estimate of drug-likeness (QED) is 0.496. The van der Waals surface area contributed by atoms with Gasteiger partial charge in [0.2, 0.25) is 0 Å². The van der Waals surface area contributed by atoms with E-state index in [1.807, 2.05) is 30.3 Å². The maximum atomic E-state index is 12.5. The summed E-state index contributed by atoms with van der Waals surface area (Å²) in [4.78, 5) is 15.5. The molecule has 0 saturated heterocycles. The number of nitrogens with zero attached hydrogens (tertiary/aromatic N) is 2. The van der Waals surface area contributed by atoms with E-state index in [4.69, 9.17) is 12.2 Å². The van der Waals surface area contributed by atoms with Crippen molar-refractivity contribution in [2.24, 2.45) is 0 Å². The number of hydrogen-bond acceptors (Lipinski definition) is 4. The highest BCUT2D eigenvalue weighted by atomic mass is 32.1. The average molecular weight is 400 g/mol. The van der Waals surface area contributed by atoms with Crippen LogP contribution in [0, 0.1) is 4.77 Å². The van der Waals surface area contributed by atoms with Crippen LogP contribution in [-0.2, 0) is 6.54 Å². The van der Waals surface area contributed by atoms with Crippen LogP contribution in [0.3, 0.4) is 0 Å². The van der Waals surface area contributed by atoms with Crippen LogP contribution >= 0.6 is 12.2 Å². The zero-order valence-electron chi connectivity index (χ0n) is 14.4. The molecule has 0 aliphatic carbocycles. The van der Waals surface area contributed by atoms with Gasteiger partial charge in [-0.15, -0.1) is 0 Å². The van der Waals surface area contributed by atoms with Crippen LogP contribution in [0.25, 0.3) is 16.4 Å². The fourth-order valence-electron chi connectivity index (χ4n) is 2.97. The van der Waals surface area contributed by atoms with Crippen LogP contribution in [-0.4, -0.2) is 27.1 Å². The summed E-state index contributed by atoms with van der Waals surface area (Å²) in [6.07, 6.45) is 0. The van der Waals surface area contributed by atoms with E-state index >= 15 is 0 Å². The number of hydrogen-bond donors (Lipinski definition) is 2. The molecule has 1 amide bonds. The molecule has 9 heteroatoms. The van der Waals surface area contributed by atoms with E-state index in [9.17, 15) is 13.6 Å². The largest absolute Gasteiger partial charge is 0.434 e. The Balaban J connectivity index is 1.60. The molecule has 4 rings (SSSR count). The summed E-state index contributed by atoms with van der Waals surface area (Å²) in [5.41, 5.74) is 2.30. The van der Waals surface area contributed by atoms with Gasteiger partial charge in [-0.25, -0.2) is 4.52 Å². The van der Waals surface area contributed by atoms with Crippen LogP contribution in [0.1, 0.15) is 16.1 Å². The van der Waals surface area contributed by atoms with E-state index in [1.54, 1.807) is 10.6 Å². The summed E-state index contributed by atoms with van der Waals surface area (Å²) in [7, 11) is 0. The van der Waals surface area contributed by atoms with Crippen molar-refractivity contribution < 1.29 is 18.3 Å². The summed E-state index contributed by atoms with van der Waals surface area (Å²) in [5.74, 6) is -0.721. The molecule has 0 atom stereocenters. The van der Waals surface area contributed by atoms with Crippen LogP contribution in [0.15, 0.2) is 54.6 Å². The standard InChI is InChI=1S/C19H14F2N4O2S/c20-18(21)27-16-8-4-2-6-13(16)17(26)22-10-11-9-15-12-5-1-3-7-14(12)23-19(28)25(15)24-11/h1-9,18H,10H2,(H,22,26)(H,23,28). The monoisotopic (exact) mass is 400 g/mol. The number of nitrogens with one attached hydrogen (secondary N) is 2. The number of aromatic nitrogens is 3. The van der Waals surface area contributed by atoms with Gasteiger partial charge in [0.1, 0.15) is 5.75 Å². The van der Waals surface area contributed by atoms with Crippen molar-refractivity contribution in [3.05, 3.63) is 70.6 Å². The van der Waals surface area contributed by atoms with Gasteiger partial charge in [0.15, 0.2) is 4.77 Å². The Kier molecular flexibility index (Phi) is 4.74. The molecule has 2 heterocycles. The third kappa shape index (κ3) is 3.44. The molecule has 142 valence electrons. The molecule has 0 aliphatic rings. The lowest BCUT2D eigenvalue weighted by atomic mass is 10.2.